The number of aliphatic hydroxyl groups is 1. The summed E-state index contributed by atoms with van der Waals surface area (Å²) in [4.78, 5) is 0. The molecule has 1 saturated heterocycles. The summed E-state index contributed by atoms with van der Waals surface area (Å²) in [6.07, 6.45) is 5.15. The molecule has 0 bridgehead atoms. The Kier molecular flexibility index (Phi) is 6.36. The van der Waals surface area contributed by atoms with E-state index in [9.17, 15) is 5.11 Å². The van der Waals surface area contributed by atoms with Gasteiger partial charge in [-0.05, 0) is 44.9 Å². The number of allylic oxidation sites excluding steroid dienone is 1. The monoisotopic (exact) mass is 405 g/mol. The lowest BCUT2D eigenvalue weighted by Crippen LogP contribution is -2.63. The zero-order valence-corrected chi connectivity index (χ0v) is 17.1. The third kappa shape index (κ3) is 4.41. The van der Waals surface area contributed by atoms with Gasteiger partial charge >= 0.3 is 0 Å². The van der Waals surface area contributed by atoms with Crippen LogP contribution in [0.4, 0.5) is 10.1 Å². The molecule has 3 heterocycles. The van der Waals surface area contributed by atoms with E-state index in [2.05, 4.69) is 33.5 Å². The Hall–Kier alpha value is -1.71. The van der Waals surface area contributed by atoms with E-state index in [1.165, 1.54) is 0 Å². The van der Waals surface area contributed by atoms with Crippen molar-refractivity contribution in [2.24, 2.45) is 0 Å². The van der Waals surface area contributed by atoms with Gasteiger partial charge in [-0.2, -0.15) is 0 Å². The molecule has 8 heteroatoms. The highest BCUT2D eigenvalue weighted by Gasteiger charge is 2.29. The summed E-state index contributed by atoms with van der Waals surface area (Å²) in [7, 11) is 1.92. The SMILES string of the molecule is CNC1CC(C)NC(Nc2cc3c(c(C4=CCN[C@H](CO)CC4)c2F)OCC3)N1. The molecule has 29 heavy (non-hydrogen) atoms. The summed E-state index contributed by atoms with van der Waals surface area (Å²) in [5.74, 6) is 0.398. The molecule has 1 aromatic rings. The minimum absolute atomic E-state index is 0.0395. The first kappa shape index (κ1) is 20.6. The van der Waals surface area contributed by atoms with Crippen LogP contribution in [0.25, 0.3) is 5.57 Å². The van der Waals surface area contributed by atoms with Crippen LogP contribution in [0.2, 0.25) is 0 Å². The molecule has 1 aromatic carbocycles. The molecule has 0 amide bonds. The quantitative estimate of drug-likeness (QED) is 0.437. The van der Waals surface area contributed by atoms with Crippen LogP contribution in [0.5, 0.6) is 5.75 Å². The molecular formula is C21H32FN5O2. The molecule has 0 radical (unpaired) electrons. The third-order valence-electron chi connectivity index (χ3n) is 6.03. The Labute approximate surface area is 171 Å². The minimum atomic E-state index is -0.276. The fourth-order valence-electron chi connectivity index (χ4n) is 4.43. The standard InChI is InChI=1S/C21H32FN5O2/c1-12-9-17(23-2)27-21(25-12)26-16-10-14-6-8-29-20(14)18(19(16)22)13-3-4-15(11-28)24-7-5-13/h5,10,12,15,17,21,23-28H,3-4,6-9,11H2,1-2H3/t12?,15-,17?,21?/m0/s1. The van der Waals surface area contributed by atoms with Gasteiger partial charge in [0.25, 0.3) is 0 Å². The van der Waals surface area contributed by atoms with Crippen LogP contribution in [0, 0.1) is 5.82 Å². The molecule has 3 unspecified atom stereocenters. The molecule has 0 spiro atoms. The van der Waals surface area contributed by atoms with E-state index in [-0.39, 0.29) is 30.9 Å². The number of hydrogen-bond donors (Lipinski definition) is 6. The molecule has 7 nitrogen and oxygen atoms in total. The number of fused-ring (bicyclic) bond motifs is 1. The van der Waals surface area contributed by atoms with Crippen molar-refractivity contribution in [2.45, 2.75) is 57.1 Å². The van der Waals surface area contributed by atoms with Gasteiger partial charge in [-0.15, -0.1) is 0 Å². The van der Waals surface area contributed by atoms with Crippen molar-refractivity contribution in [1.82, 2.24) is 21.3 Å². The molecule has 4 rings (SSSR count). The van der Waals surface area contributed by atoms with Gasteiger partial charge in [-0.25, -0.2) is 4.39 Å². The average Bonchev–Trinajstić information content (AvgIpc) is 3.04. The summed E-state index contributed by atoms with van der Waals surface area (Å²) in [6, 6.07) is 2.22. The van der Waals surface area contributed by atoms with Crippen molar-refractivity contribution < 1.29 is 14.2 Å². The molecule has 4 atom stereocenters. The minimum Gasteiger partial charge on any atom is -0.492 e. The van der Waals surface area contributed by atoms with Gasteiger partial charge in [0.1, 0.15) is 12.0 Å². The number of ether oxygens (including phenoxy) is 1. The molecule has 6 N–H and O–H groups in total. The maximum absolute atomic E-state index is 15.7. The maximum Gasteiger partial charge on any atom is 0.157 e. The number of rotatable bonds is 5. The number of nitrogens with one attached hydrogen (secondary N) is 5. The van der Waals surface area contributed by atoms with Crippen LogP contribution in [0.15, 0.2) is 12.1 Å². The first-order valence-corrected chi connectivity index (χ1v) is 10.6. The predicted octanol–water partition coefficient (Wildman–Crippen LogP) is 1.10. The van der Waals surface area contributed by atoms with Gasteiger partial charge < -0.3 is 25.8 Å². The summed E-state index contributed by atoms with van der Waals surface area (Å²) >= 11 is 0. The van der Waals surface area contributed by atoms with E-state index >= 15 is 4.39 Å². The zero-order chi connectivity index (χ0) is 20.4. The third-order valence-corrected chi connectivity index (χ3v) is 6.03. The van der Waals surface area contributed by atoms with Gasteiger partial charge in [0, 0.05) is 30.6 Å². The van der Waals surface area contributed by atoms with Gasteiger partial charge in [0.05, 0.1) is 30.6 Å². The van der Waals surface area contributed by atoms with E-state index in [0.717, 1.165) is 30.4 Å². The second-order valence-corrected chi connectivity index (χ2v) is 8.14. The Bertz CT molecular complexity index is 772. The smallest absolute Gasteiger partial charge is 0.157 e. The second kappa shape index (κ2) is 8.97. The first-order valence-electron chi connectivity index (χ1n) is 10.6. The highest BCUT2D eigenvalue weighted by molar-refractivity contribution is 5.77. The molecule has 1 fully saturated rings. The lowest BCUT2D eigenvalue weighted by atomic mass is 9.95. The highest BCUT2D eigenvalue weighted by Crippen LogP contribution is 2.41. The normalized spacial score (nSPS) is 29.6. The van der Waals surface area contributed by atoms with Gasteiger partial charge in [0.2, 0.25) is 0 Å². The molecule has 160 valence electrons. The first-order chi connectivity index (χ1) is 14.1. The van der Waals surface area contributed by atoms with Crippen LogP contribution < -0.4 is 31.3 Å². The van der Waals surface area contributed by atoms with Crippen molar-refractivity contribution in [3.05, 3.63) is 29.1 Å². The van der Waals surface area contributed by atoms with Crippen molar-refractivity contribution >= 4 is 11.3 Å². The number of halogens is 1. The van der Waals surface area contributed by atoms with Crippen LogP contribution in [-0.2, 0) is 6.42 Å². The van der Waals surface area contributed by atoms with E-state index in [1.54, 1.807) is 0 Å². The van der Waals surface area contributed by atoms with Crippen LogP contribution in [-0.4, -0.2) is 56.5 Å². The lowest BCUT2D eigenvalue weighted by Gasteiger charge is -2.37. The Balaban J connectivity index is 1.63. The van der Waals surface area contributed by atoms with E-state index in [1.807, 2.05) is 19.2 Å². The maximum atomic E-state index is 15.7. The van der Waals surface area contributed by atoms with Gasteiger partial charge in [-0.3, -0.25) is 10.6 Å². The summed E-state index contributed by atoms with van der Waals surface area (Å²) in [6.45, 7) is 3.40. The van der Waals surface area contributed by atoms with Gasteiger partial charge in [0.15, 0.2) is 5.82 Å². The Morgan fingerprint density at radius 3 is 2.97 bits per heavy atom. The summed E-state index contributed by atoms with van der Waals surface area (Å²) < 4.78 is 21.6. The van der Waals surface area contributed by atoms with Crippen molar-refractivity contribution in [1.29, 1.82) is 0 Å². The molecule has 3 aliphatic rings. The average molecular weight is 406 g/mol. The molecular weight excluding hydrogens is 373 g/mol. The number of anilines is 1. The lowest BCUT2D eigenvalue weighted by molar-refractivity contribution is 0.241. The topological polar surface area (TPSA) is 89.6 Å². The summed E-state index contributed by atoms with van der Waals surface area (Å²) in [5.41, 5.74) is 3.03. The molecule has 0 aromatic heterocycles. The van der Waals surface area contributed by atoms with Crippen molar-refractivity contribution in [2.75, 3.05) is 32.1 Å². The van der Waals surface area contributed by atoms with Crippen molar-refractivity contribution in [3.8, 4) is 5.75 Å². The number of hydrogen-bond acceptors (Lipinski definition) is 7. The fraction of sp³-hybridized carbons (Fsp3) is 0.619. The predicted molar refractivity (Wildman–Crippen MR) is 112 cm³/mol. The summed E-state index contributed by atoms with van der Waals surface area (Å²) in [5, 5.41) is 26.1. The van der Waals surface area contributed by atoms with E-state index < -0.39 is 0 Å². The number of aliphatic hydroxyl groups excluding tert-OH is 1. The Morgan fingerprint density at radius 2 is 2.17 bits per heavy atom. The van der Waals surface area contributed by atoms with Crippen LogP contribution in [0.1, 0.15) is 37.3 Å². The van der Waals surface area contributed by atoms with Crippen molar-refractivity contribution in [3.63, 3.8) is 0 Å². The van der Waals surface area contributed by atoms with Gasteiger partial charge in [-0.1, -0.05) is 6.08 Å². The van der Waals surface area contributed by atoms with E-state index in [4.69, 9.17) is 4.74 Å². The van der Waals surface area contributed by atoms with Crippen LogP contribution >= 0.6 is 0 Å². The molecule has 0 aliphatic carbocycles. The molecule has 3 aliphatic heterocycles. The largest absolute Gasteiger partial charge is 0.492 e. The molecule has 0 saturated carbocycles. The number of benzene rings is 1. The Morgan fingerprint density at radius 1 is 1.31 bits per heavy atom. The second-order valence-electron chi connectivity index (χ2n) is 8.14. The fourth-order valence-corrected chi connectivity index (χ4v) is 4.43. The van der Waals surface area contributed by atoms with E-state index in [0.29, 0.717) is 42.6 Å². The highest BCUT2D eigenvalue weighted by atomic mass is 19.1. The zero-order valence-electron chi connectivity index (χ0n) is 17.1. The van der Waals surface area contributed by atoms with Crippen LogP contribution in [0.3, 0.4) is 0 Å².